The van der Waals surface area contributed by atoms with Crippen molar-refractivity contribution in [2.24, 2.45) is 11.8 Å². The minimum Gasteiger partial charge on any atom is -0.481 e. The highest BCUT2D eigenvalue weighted by atomic mass is 16.5. The van der Waals surface area contributed by atoms with Gasteiger partial charge in [0, 0.05) is 44.8 Å². The number of carboxylic acid groups (broad SMARTS) is 3. The summed E-state index contributed by atoms with van der Waals surface area (Å²) in [6.07, 6.45) is 20.1. The number of hydrazine groups is 1. The fraction of sp³-hybridized carbons (Fsp3) is 0.841. The van der Waals surface area contributed by atoms with Crippen LogP contribution in [0.15, 0.2) is 0 Å². The smallest absolute Gasteiger partial charge is 0.329 e. The number of rotatable bonds is 46. The molecule has 0 radical (unpaired) electrons. The van der Waals surface area contributed by atoms with E-state index < -0.39 is 35.4 Å². The molecule has 20 heteroatoms. The van der Waals surface area contributed by atoms with Crippen LogP contribution in [0.1, 0.15) is 148 Å². The number of ether oxygens (including phenoxy) is 4. The van der Waals surface area contributed by atoms with Crippen molar-refractivity contribution < 1.29 is 67.8 Å². The first-order valence-corrected chi connectivity index (χ1v) is 23.5. The Morgan fingerprint density at radius 1 is 0.516 bits per heavy atom. The van der Waals surface area contributed by atoms with Gasteiger partial charge >= 0.3 is 17.9 Å². The molecule has 0 heterocycles. The van der Waals surface area contributed by atoms with Gasteiger partial charge in [0.1, 0.15) is 24.8 Å². The number of aliphatic carboxylic acids is 3. The number of nitrogens with one attached hydrogen (secondary N) is 5. The first-order valence-electron chi connectivity index (χ1n) is 23.5. The van der Waals surface area contributed by atoms with Gasteiger partial charge in [0.25, 0.3) is 0 Å². The van der Waals surface area contributed by atoms with Gasteiger partial charge in [0.15, 0.2) is 0 Å². The molecule has 1 aliphatic rings. The summed E-state index contributed by atoms with van der Waals surface area (Å²) in [4.78, 5) is 82.2. The number of hydrogen-bond donors (Lipinski definition) is 9. The SMILES string of the molecule is NN[C@@H](CCCCNC(=O)COCCOCCNC(=O)COCCOCCNC(=O)CC1CC1(NC(=O)CCCCCCCCCCCCCCCCCCC(=O)O)C(=O)O)C(=O)O. The van der Waals surface area contributed by atoms with E-state index in [1.807, 2.05) is 0 Å². The second-order valence-corrected chi connectivity index (χ2v) is 16.4. The van der Waals surface area contributed by atoms with Gasteiger partial charge in [-0.05, 0) is 38.5 Å². The lowest BCUT2D eigenvalue weighted by atomic mass is 10.0. The number of carboxylic acids is 3. The van der Waals surface area contributed by atoms with Gasteiger partial charge in [0.05, 0.1) is 39.6 Å². The molecule has 0 aromatic heterocycles. The number of carbonyl (C=O) groups is 7. The Labute approximate surface area is 378 Å². The molecule has 20 nitrogen and oxygen atoms in total. The van der Waals surface area contributed by atoms with Gasteiger partial charge in [-0.25, -0.2) is 10.2 Å². The monoisotopic (exact) mass is 917 g/mol. The van der Waals surface area contributed by atoms with Crippen molar-refractivity contribution in [3.8, 4) is 0 Å². The average Bonchev–Trinajstić information content (AvgIpc) is 3.95. The molecule has 0 saturated heterocycles. The van der Waals surface area contributed by atoms with Crippen LogP contribution in [0.25, 0.3) is 0 Å². The van der Waals surface area contributed by atoms with E-state index in [2.05, 4.69) is 26.7 Å². The van der Waals surface area contributed by atoms with Gasteiger partial charge in [-0.2, -0.15) is 0 Å². The molecule has 1 rings (SSSR count). The van der Waals surface area contributed by atoms with Gasteiger partial charge in [-0.3, -0.25) is 34.6 Å². The van der Waals surface area contributed by atoms with Gasteiger partial charge in [-0.1, -0.05) is 89.9 Å². The summed E-state index contributed by atoms with van der Waals surface area (Å²) >= 11 is 0. The lowest BCUT2D eigenvalue weighted by molar-refractivity contribution is -0.144. The number of carbonyl (C=O) groups excluding carboxylic acids is 4. The molecule has 3 atom stereocenters. The Kier molecular flexibility index (Phi) is 34.8. The maximum Gasteiger partial charge on any atom is 0.329 e. The lowest BCUT2D eigenvalue weighted by Crippen LogP contribution is -2.45. The fourth-order valence-electron chi connectivity index (χ4n) is 7.06. The summed E-state index contributed by atoms with van der Waals surface area (Å²) in [5.41, 5.74) is 0.826. The van der Waals surface area contributed by atoms with Crippen molar-refractivity contribution in [3.63, 3.8) is 0 Å². The minimum atomic E-state index is -1.40. The Balaban J connectivity index is 1.94. The first kappa shape index (κ1) is 58.1. The number of amides is 4. The maximum atomic E-state index is 12.6. The van der Waals surface area contributed by atoms with Gasteiger partial charge < -0.3 is 55.5 Å². The molecule has 4 amide bonds. The largest absolute Gasteiger partial charge is 0.481 e. The zero-order valence-electron chi connectivity index (χ0n) is 38.1. The fourth-order valence-corrected chi connectivity index (χ4v) is 7.06. The zero-order chi connectivity index (χ0) is 47.1. The van der Waals surface area contributed by atoms with E-state index in [4.69, 9.17) is 35.0 Å². The molecule has 0 aromatic rings. The average molecular weight is 917 g/mol. The van der Waals surface area contributed by atoms with Crippen molar-refractivity contribution in [1.82, 2.24) is 26.7 Å². The zero-order valence-corrected chi connectivity index (χ0v) is 38.1. The second kappa shape index (κ2) is 38.3. The quantitative estimate of drug-likeness (QED) is 0.0241. The van der Waals surface area contributed by atoms with Crippen LogP contribution in [0, 0.1) is 5.92 Å². The Morgan fingerprint density at radius 2 is 0.953 bits per heavy atom. The van der Waals surface area contributed by atoms with Crippen LogP contribution in [-0.4, -0.2) is 141 Å². The summed E-state index contributed by atoms with van der Waals surface area (Å²) < 4.78 is 21.3. The summed E-state index contributed by atoms with van der Waals surface area (Å²) in [6.45, 7) is 1.78. The van der Waals surface area contributed by atoms with E-state index in [0.29, 0.717) is 32.2 Å². The van der Waals surface area contributed by atoms with Crippen LogP contribution in [0.4, 0.5) is 0 Å². The number of nitrogens with two attached hydrogens (primary N) is 1. The van der Waals surface area contributed by atoms with E-state index in [0.717, 1.165) is 38.5 Å². The van der Waals surface area contributed by atoms with Crippen LogP contribution >= 0.6 is 0 Å². The summed E-state index contributed by atoms with van der Waals surface area (Å²) in [7, 11) is 0. The lowest BCUT2D eigenvalue weighted by Gasteiger charge is -2.15. The van der Waals surface area contributed by atoms with Crippen LogP contribution < -0.4 is 32.5 Å². The van der Waals surface area contributed by atoms with Crippen molar-refractivity contribution >= 4 is 41.5 Å². The first-order chi connectivity index (χ1) is 30.9. The highest BCUT2D eigenvalue weighted by molar-refractivity contribution is 5.91. The van der Waals surface area contributed by atoms with Crippen LogP contribution in [-0.2, 0) is 52.5 Å². The van der Waals surface area contributed by atoms with Gasteiger partial charge in [0.2, 0.25) is 23.6 Å². The van der Waals surface area contributed by atoms with Crippen molar-refractivity contribution in [2.75, 3.05) is 72.5 Å². The topological polar surface area (TPSA) is 303 Å². The number of unbranched alkanes of at least 4 members (excludes halogenated alkanes) is 16. The predicted octanol–water partition coefficient (Wildman–Crippen LogP) is 2.94. The Bertz CT molecular complexity index is 1330. The molecular weight excluding hydrogens is 837 g/mol. The number of hydrogen-bond acceptors (Lipinski definition) is 13. The van der Waals surface area contributed by atoms with Crippen molar-refractivity contribution in [1.29, 1.82) is 0 Å². The molecule has 0 bridgehead atoms. The summed E-state index contributed by atoms with van der Waals surface area (Å²) in [6, 6.07) is -0.817. The summed E-state index contributed by atoms with van der Waals surface area (Å²) in [5, 5.41) is 38.1. The van der Waals surface area contributed by atoms with E-state index >= 15 is 0 Å². The molecule has 0 aromatic carbocycles. The second-order valence-electron chi connectivity index (χ2n) is 16.4. The third-order valence-electron chi connectivity index (χ3n) is 10.9. The highest BCUT2D eigenvalue weighted by Crippen LogP contribution is 2.46. The molecule has 0 spiro atoms. The van der Waals surface area contributed by atoms with Crippen LogP contribution in [0.5, 0.6) is 0 Å². The minimum absolute atomic E-state index is 0.0174. The van der Waals surface area contributed by atoms with E-state index in [1.165, 1.54) is 57.8 Å². The molecule has 64 heavy (non-hydrogen) atoms. The normalized spacial score (nSPS) is 15.9. The molecule has 370 valence electrons. The van der Waals surface area contributed by atoms with Crippen molar-refractivity contribution in [2.45, 2.75) is 159 Å². The van der Waals surface area contributed by atoms with E-state index in [9.17, 15) is 38.7 Å². The summed E-state index contributed by atoms with van der Waals surface area (Å²) in [5.74, 6) is 0.592. The standard InChI is InChI=1S/C44H80N6O14/c45-50-36(42(57)58)19-17-18-22-46-39(53)33-63-29-28-62-26-24-48-40(54)34-64-30-27-61-25-23-47-38(52)31-35-32-44(35,43(59)60)49-37(51)20-15-13-11-9-7-5-3-1-2-4-6-8-10-12-14-16-21-41(55)56/h35-36,50H,1-34,45H2,(H,46,53)(H,47,52)(H,48,54)(H,49,51)(H,55,56)(H,57,58)(H,59,60)/t35?,36-,44?/m0/s1. The molecule has 0 aliphatic heterocycles. The third kappa shape index (κ3) is 31.8. The van der Waals surface area contributed by atoms with Crippen molar-refractivity contribution in [3.05, 3.63) is 0 Å². The van der Waals surface area contributed by atoms with Gasteiger partial charge in [-0.15, -0.1) is 0 Å². The van der Waals surface area contributed by atoms with Crippen LogP contribution in [0.3, 0.4) is 0 Å². The van der Waals surface area contributed by atoms with E-state index in [1.54, 1.807) is 0 Å². The van der Waals surface area contributed by atoms with E-state index in [-0.39, 0.29) is 115 Å². The Morgan fingerprint density at radius 3 is 1.41 bits per heavy atom. The highest BCUT2D eigenvalue weighted by Gasteiger charge is 2.62. The molecular formula is C44H80N6O14. The molecule has 1 aliphatic carbocycles. The van der Waals surface area contributed by atoms with Crippen LogP contribution in [0.2, 0.25) is 0 Å². The predicted molar refractivity (Wildman–Crippen MR) is 237 cm³/mol. The Hall–Kier alpha value is -3.95. The third-order valence-corrected chi connectivity index (χ3v) is 10.9. The maximum absolute atomic E-state index is 12.6. The molecule has 2 unspecified atom stereocenters. The molecule has 1 fully saturated rings. The molecule has 1 saturated carbocycles. The molecule has 10 N–H and O–H groups in total.